The van der Waals surface area contributed by atoms with Crippen molar-refractivity contribution in [1.29, 1.82) is 0 Å². The molecule has 0 aliphatic carbocycles. The average molecular weight is 310 g/mol. The quantitative estimate of drug-likeness (QED) is 0.864. The summed E-state index contributed by atoms with van der Waals surface area (Å²) in [7, 11) is 0. The maximum atomic E-state index is 11.6. The van der Waals surface area contributed by atoms with E-state index in [-0.39, 0.29) is 16.4 Å². The zero-order valence-corrected chi connectivity index (χ0v) is 13.6. The molecule has 2 rings (SSSR count). The van der Waals surface area contributed by atoms with Crippen LogP contribution in [0.2, 0.25) is 0 Å². The van der Waals surface area contributed by atoms with E-state index >= 15 is 0 Å². The van der Waals surface area contributed by atoms with Crippen LogP contribution < -0.4 is 4.90 Å². The number of hydrogen-bond acceptors (Lipinski definition) is 5. The van der Waals surface area contributed by atoms with E-state index in [1.54, 1.807) is 0 Å². The van der Waals surface area contributed by atoms with E-state index in [4.69, 9.17) is 0 Å². The van der Waals surface area contributed by atoms with Crippen molar-refractivity contribution in [1.82, 2.24) is 4.98 Å². The largest absolute Gasteiger partial charge is 0.476 e. The Morgan fingerprint density at radius 2 is 2.05 bits per heavy atom. The smallest absolute Gasteiger partial charge is 0.356 e. The van der Waals surface area contributed by atoms with Gasteiger partial charge in [0.25, 0.3) is 0 Å². The summed E-state index contributed by atoms with van der Waals surface area (Å²) < 4.78 is 0. The molecule has 1 aromatic heterocycles. The third-order valence-electron chi connectivity index (χ3n) is 4.12. The predicted octanol–water partition coefficient (Wildman–Crippen LogP) is 3.31. The van der Waals surface area contributed by atoms with Crippen molar-refractivity contribution in [2.75, 3.05) is 18.0 Å². The first-order chi connectivity index (χ1) is 9.90. The van der Waals surface area contributed by atoms with Crippen molar-refractivity contribution < 1.29 is 14.7 Å². The van der Waals surface area contributed by atoms with Gasteiger partial charge in [0.2, 0.25) is 0 Å². The Morgan fingerprint density at radius 1 is 1.33 bits per heavy atom. The van der Waals surface area contributed by atoms with E-state index in [1.807, 2.05) is 0 Å². The zero-order chi connectivity index (χ0) is 15.6. The highest BCUT2D eigenvalue weighted by Crippen LogP contribution is 2.31. The number of anilines is 1. The molecule has 1 aromatic rings. The van der Waals surface area contributed by atoms with Crippen LogP contribution in [0.25, 0.3) is 0 Å². The zero-order valence-electron chi connectivity index (χ0n) is 12.8. The number of carboxylic acid groups (broad SMARTS) is 1. The number of rotatable bonds is 4. The fraction of sp³-hybridized carbons (Fsp3) is 0.667. The summed E-state index contributed by atoms with van der Waals surface area (Å²) in [4.78, 5) is 29.3. The molecule has 0 saturated carbocycles. The van der Waals surface area contributed by atoms with Gasteiger partial charge in [-0.15, -0.1) is 0 Å². The molecule has 0 bridgehead atoms. The number of aromatic carboxylic acids is 1. The Bertz CT molecular complexity index is 508. The summed E-state index contributed by atoms with van der Waals surface area (Å²) in [5.74, 6) is 0.0217. The summed E-state index contributed by atoms with van der Waals surface area (Å²) in [5, 5.41) is 9.84. The van der Waals surface area contributed by atoms with E-state index in [9.17, 15) is 14.7 Å². The van der Waals surface area contributed by atoms with Gasteiger partial charge in [0, 0.05) is 20.0 Å². The molecule has 1 atom stereocenters. The Hall–Kier alpha value is -1.43. The lowest BCUT2D eigenvalue weighted by Gasteiger charge is -2.20. The monoisotopic (exact) mass is 310 g/mol. The van der Waals surface area contributed by atoms with Gasteiger partial charge in [-0.25, -0.2) is 9.78 Å². The van der Waals surface area contributed by atoms with E-state index < -0.39 is 5.97 Å². The molecule has 5 nitrogen and oxygen atoms in total. The molecule has 1 fully saturated rings. The summed E-state index contributed by atoms with van der Waals surface area (Å²) in [6, 6.07) is 0. The van der Waals surface area contributed by atoms with E-state index in [2.05, 4.69) is 23.7 Å². The molecule has 6 heteroatoms. The molecule has 21 heavy (non-hydrogen) atoms. The number of hydrogen-bond donors (Lipinski definition) is 1. The normalized spacial score (nSPS) is 19.6. The molecule has 1 aliphatic heterocycles. The molecule has 0 aromatic carbocycles. The summed E-state index contributed by atoms with van der Waals surface area (Å²) in [6.07, 6.45) is 3.38. The molecule has 1 aliphatic rings. The highest BCUT2D eigenvalue weighted by atomic mass is 32.1. The van der Waals surface area contributed by atoms with Crippen LogP contribution in [0.5, 0.6) is 0 Å². The molecule has 1 N–H and O–H groups in total. The van der Waals surface area contributed by atoms with E-state index in [1.165, 1.54) is 24.7 Å². The van der Waals surface area contributed by atoms with Crippen LogP contribution in [-0.4, -0.2) is 34.9 Å². The molecule has 1 unspecified atom stereocenters. The minimum Gasteiger partial charge on any atom is -0.476 e. The lowest BCUT2D eigenvalue weighted by Crippen LogP contribution is -2.24. The number of carboxylic acids is 1. The fourth-order valence-electron chi connectivity index (χ4n) is 2.81. The Kier molecular flexibility index (Phi) is 4.98. The molecule has 116 valence electrons. The van der Waals surface area contributed by atoms with Crippen molar-refractivity contribution in [3.8, 4) is 0 Å². The summed E-state index contributed by atoms with van der Waals surface area (Å²) in [5.41, 5.74) is -0.104. The topological polar surface area (TPSA) is 70.5 Å². The Labute approximate surface area is 129 Å². The Morgan fingerprint density at radius 3 is 2.57 bits per heavy atom. The van der Waals surface area contributed by atoms with Crippen LogP contribution in [0.3, 0.4) is 0 Å². The third kappa shape index (κ3) is 3.61. The summed E-state index contributed by atoms with van der Waals surface area (Å²) >= 11 is 1.21. The van der Waals surface area contributed by atoms with Gasteiger partial charge >= 0.3 is 5.97 Å². The maximum Gasteiger partial charge on any atom is 0.356 e. The van der Waals surface area contributed by atoms with Crippen LogP contribution in [0.4, 0.5) is 5.13 Å². The van der Waals surface area contributed by atoms with Crippen molar-refractivity contribution in [2.24, 2.45) is 11.8 Å². The molecular weight excluding hydrogens is 288 g/mol. The molecule has 1 saturated heterocycles. The van der Waals surface area contributed by atoms with Crippen molar-refractivity contribution >= 4 is 28.2 Å². The van der Waals surface area contributed by atoms with Gasteiger partial charge in [0.1, 0.15) is 4.88 Å². The van der Waals surface area contributed by atoms with Gasteiger partial charge in [0.15, 0.2) is 16.6 Å². The average Bonchev–Trinajstić information content (AvgIpc) is 2.70. The van der Waals surface area contributed by atoms with Crippen LogP contribution >= 0.6 is 11.3 Å². The number of ketones is 1. The minimum atomic E-state index is -1.13. The number of nitrogens with zero attached hydrogens (tertiary/aromatic N) is 2. The SMILES string of the molecule is CC(=O)c1sc(N2CCCC(C(C)C)CC2)nc1C(=O)O. The number of aromatic nitrogens is 1. The third-order valence-corrected chi connectivity index (χ3v) is 5.34. The first kappa shape index (κ1) is 15.9. The second kappa shape index (κ2) is 6.56. The number of carbonyl (C=O) groups is 2. The van der Waals surface area contributed by atoms with Crippen LogP contribution in [0, 0.1) is 11.8 Å². The number of carbonyl (C=O) groups excluding carboxylic acids is 1. The lowest BCUT2D eigenvalue weighted by molar-refractivity contribution is 0.0687. The van der Waals surface area contributed by atoms with E-state index in [0.29, 0.717) is 17.0 Å². The number of Topliss-reactive ketones (excluding diaryl/α,β-unsaturated/α-hetero) is 1. The summed E-state index contributed by atoms with van der Waals surface area (Å²) in [6.45, 7) is 7.65. The van der Waals surface area contributed by atoms with Crippen LogP contribution in [-0.2, 0) is 0 Å². The lowest BCUT2D eigenvalue weighted by atomic mass is 9.89. The second-order valence-electron chi connectivity index (χ2n) is 5.96. The second-order valence-corrected chi connectivity index (χ2v) is 6.94. The molecule has 2 heterocycles. The molecule has 0 radical (unpaired) electrons. The highest BCUT2D eigenvalue weighted by molar-refractivity contribution is 7.17. The predicted molar refractivity (Wildman–Crippen MR) is 83.5 cm³/mol. The molecule has 0 amide bonds. The van der Waals surface area contributed by atoms with Gasteiger partial charge in [0.05, 0.1) is 0 Å². The Balaban J connectivity index is 2.20. The fourth-order valence-corrected chi connectivity index (χ4v) is 3.81. The highest BCUT2D eigenvalue weighted by Gasteiger charge is 2.25. The van der Waals surface area contributed by atoms with Gasteiger partial charge in [-0.05, 0) is 31.1 Å². The van der Waals surface area contributed by atoms with Crippen molar-refractivity contribution in [2.45, 2.75) is 40.0 Å². The van der Waals surface area contributed by atoms with Gasteiger partial charge in [-0.3, -0.25) is 4.79 Å². The van der Waals surface area contributed by atoms with Gasteiger partial charge in [-0.2, -0.15) is 0 Å². The maximum absolute atomic E-state index is 11.6. The first-order valence-electron chi connectivity index (χ1n) is 7.40. The molecular formula is C15H22N2O3S. The van der Waals surface area contributed by atoms with Gasteiger partial charge < -0.3 is 10.0 Å². The van der Waals surface area contributed by atoms with Gasteiger partial charge in [-0.1, -0.05) is 25.2 Å². The van der Waals surface area contributed by atoms with Crippen LogP contribution in [0.15, 0.2) is 0 Å². The van der Waals surface area contributed by atoms with Crippen LogP contribution in [0.1, 0.15) is 60.2 Å². The standard InChI is InChI=1S/C15H22N2O3S/c1-9(2)11-5-4-7-17(8-6-11)15-16-12(14(19)20)13(21-15)10(3)18/h9,11H,4-8H2,1-3H3,(H,19,20). The number of thiazole rings is 1. The first-order valence-corrected chi connectivity index (χ1v) is 8.21. The van der Waals surface area contributed by atoms with Crippen molar-refractivity contribution in [3.63, 3.8) is 0 Å². The van der Waals surface area contributed by atoms with Crippen molar-refractivity contribution in [3.05, 3.63) is 10.6 Å². The molecule has 0 spiro atoms. The van der Waals surface area contributed by atoms with E-state index in [0.717, 1.165) is 25.9 Å². The minimum absolute atomic E-state index is 0.104.